The van der Waals surface area contributed by atoms with Gasteiger partial charge in [0.25, 0.3) is 10.0 Å². The number of aromatic carboxylic acids is 1. The predicted octanol–water partition coefficient (Wildman–Crippen LogP) is 2.68. The fourth-order valence-corrected chi connectivity index (χ4v) is 2.88. The van der Waals surface area contributed by atoms with Crippen LogP contribution < -0.4 is 4.72 Å². The second-order valence-corrected chi connectivity index (χ2v) is 6.42. The van der Waals surface area contributed by atoms with E-state index >= 15 is 0 Å². The number of carboxylic acids is 1. The second-order valence-electron chi connectivity index (χ2n) is 4.38. The highest BCUT2D eigenvalue weighted by Gasteiger charge is 2.20. The van der Waals surface area contributed by atoms with Crippen molar-refractivity contribution in [3.8, 4) is 0 Å². The number of sulfonamides is 1. The number of halogens is 2. The van der Waals surface area contributed by atoms with Crippen LogP contribution in [-0.2, 0) is 10.0 Å². The second kappa shape index (κ2) is 5.90. The van der Waals surface area contributed by atoms with Gasteiger partial charge in [-0.15, -0.1) is 0 Å². The predicted molar refractivity (Wildman–Crippen MR) is 78.2 cm³/mol. The van der Waals surface area contributed by atoms with Crippen molar-refractivity contribution in [2.75, 3.05) is 4.72 Å². The van der Waals surface area contributed by atoms with Gasteiger partial charge in [-0.1, -0.05) is 11.6 Å². The standard InChI is InChI=1S/C13H10ClFN2O4S/c1-7-4-9(6-16-12(7)14)22(20,21)17-11-3-2-8(15)5-10(11)13(18)19/h2-6,17H,1H3,(H,18,19). The van der Waals surface area contributed by atoms with E-state index in [1.54, 1.807) is 6.92 Å². The van der Waals surface area contributed by atoms with Crippen molar-refractivity contribution in [2.24, 2.45) is 0 Å². The van der Waals surface area contributed by atoms with E-state index in [9.17, 15) is 17.6 Å². The number of benzene rings is 1. The topological polar surface area (TPSA) is 96.4 Å². The van der Waals surface area contributed by atoms with Crippen LogP contribution in [0.4, 0.5) is 10.1 Å². The smallest absolute Gasteiger partial charge is 0.337 e. The molecule has 0 aliphatic carbocycles. The molecule has 0 radical (unpaired) electrons. The summed E-state index contributed by atoms with van der Waals surface area (Å²) < 4.78 is 39.7. The summed E-state index contributed by atoms with van der Waals surface area (Å²) in [4.78, 5) is 14.6. The molecule has 0 saturated heterocycles. The molecule has 0 saturated carbocycles. The van der Waals surface area contributed by atoms with Gasteiger partial charge in [-0.2, -0.15) is 0 Å². The molecule has 9 heteroatoms. The lowest BCUT2D eigenvalue weighted by molar-refractivity contribution is 0.0697. The number of nitrogens with zero attached hydrogens (tertiary/aromatic N) is 1. The Morgan fingerprint density at radius 1 is 1.36 bits per heavy atom. The lowest BCUT2D eigenvalue weighted by Gasteiger charge is -2.11. The van der Waals surface area contributed by atoms with Gasteiger partial charge in [0.15, 0.2) is 0 Å². The molecule has 6 nitrogen and oxygen atoms in total. The first-order valence-corrected chi connectivity index (χ1v) is 7.74. The van der Waals surface area contributed by atoms with E-state index in [4.69, 9.17) is 16.7 Å². The summed E-state index contributed by atoms with van der Waals surface area (Å²) in [5.74, 6) is -2.24. The Kier molecular flexibility index (Phi) is 4.34. The molecule has 0 spiro atoms. The fourth-order valence-electron chi connectivity index (χ4n) is 1.67. The summed E-state index contributed by atoms with van der Waals surface area (Å²) in [7, 11) is -4.08. The maximum absolute atomic E-state index is 13.1. The fraction of sp³-hybridized carbons (Fsp3) is 0.0769. The van der Waals surface area contributed by atoms with Crippen LogP contribution in [0.15, 0.2) is 35.4 Å². The van der Waals surface area contributed by atoms with E-state index in [0.29, 0.717) is 5.56 Å². The van der Waals surface area contributed by atoms with Crippen molar-refractivity contribution in [1.82, 2.24) is 4.98 Å². The van der Waals surface area contributed by atoms with Crippen LogP contribution in [0.1, 0.15) is 15.9 Å². The highest BCUT2D eigenvalue weighted by molar-refractivity contribution is 7.92. The zero-order valence-electron chi connectivity index (χ0n) is 11.2. The Morgan fingerprint density at radius 3 is 2.64 bits per heavy atom. The van der Waals surface area contributed by atoms with Crippen LogP contribution in [0.2, 0.25) is 5.15 Å². The van der Waals surface area contributed by atoms with Crippen LogP contribution in [0, 0.1) is 12.7 Å². The quantitative estimate of drug-likeness (QED) is 0.831. The number of carbonyl (C=O) groups is 1. The summed E-state index contributed by atoms with van der Waals surface area (Å²) in [6.07, 6.45) is 1.04. The molecule has 0 atom stereocenters. The molecule has 0 aliphatic rings. The molecule has 2 aromatic rings. The normalized spacial score (nSPS) is 11.2. The SMILES string of the molecule is Cc1cc(S(=O)(=O)Nc2ccc(F)cc2C(=O)O)cnc1Cl. The van der Waals surface area contributed by atoms with Crippen molar-refractivity contribution >= 4 is 33.3 Å². The third-order valence-electron chi connectivity index (χ3n) is 2.76. The molecule has 0 unspecified atom stereocenters. The summed E-state index contributed by atoms with van der Waals surface area (Å²) in [6, 6.07) is 4.01. The Balaban J connectivity index is 2.45. The molecule has 0 bridgehead atoms. The van der Waals surface area contributed by atoms with Crippen LogP contribution >= 0.6 is 11.6 Å². The third kappa shape index (κ3) is 3.34. The number of aryl methyl sites for hydroxylation is 1. The number of nitrogens with one attached hydrogen (secondary N) is 1. The van der Waals surface area contributed by atoms with Gasteiger partial charge >= 0.3 is 5.97 Å². The summed E-state index contributed by atoms with van der Waals surface area (Å²) >= 11 is 5.73. The van der Waals surface area contributed by atoms with Gasteiger partial charge in [-0.25, -0.2) is 22.6 Å². The highest BCUT2D eigenvalue weighted by Crippen LogP contribution is 2.23. The van der Waals surface area contributed by atoms with E-state index in [1.165, 1.54) is 6.07 Å². The number of pyridine rings is 1. The average Bonchev–Trinajstić information content (AvgIpc) is 2.43. The minimum atomic E-state index is -4.08. The molecule has 2 rings (SSSR count). The van der Waals surface area contributed by atoms with Gasteiger partial charge in [0, 0.05) is 6.20 Å². The van der Waals surface area contributed by atoms with Gasteiger partial charge in [0.2, 0.25) is 0 Å². The van der Waals surface area contributed by atoms with E-state index in [-0.39, 0.29) is 15.7 Å². The van der Waals surface area contributed by atoms with Gasteiger partial charge < -0.3 is 5.11 Å². The van der Waals surface area contributed by atoms with Gasteiger partial charge in [0.05, 0.1) is 11.3 Å². The molecule has 1 heterocycles. The molecular formula is C13H10ClFN2O4S. The average molecular weight is 345 g/mol. The largest absolute Gasteiger partial charge is 0.478 e. The molecule has 0 fully saturated rings. The van der Waals surface area contributed by atoms with Gasteiger partial charge in [0.1, 0.15) is 15.9 Å². The van der Waals surface area contributed by atoms with E-state index in [2.05, 4.69) is 9.71 Å². The maximum Gasteiger partial charge on any atom is 0.337 e. The zero-order valence-corrected chi connectivity index (χ0v) is 12.7. The maximum atomic E-state index is 13.1. The minimum absolute atomic E-state index is 0.159. The van der Waals surface area contributed by atoms with Crippen LogP contribution in [-0.4, -0.2) is 24.5 Å². The Morgan fingerprint density at radius 2 is 2.05 bits per heavy atom. The van der Waals surface area contributed by atoms with E-state index in [0.717, 1.165) is 24.4 Å². The number of rotatable bonds is 4. The Labute approximate surface area is 130 Å². The number of hydrogen-bond donors (Lipinski definition) is 2. The minimum Gasteiger partial charge on any atom is -0.478 e. The van der Waals surface area contributed by atoms with E-state index in [1.807, 2.05) is 0 Å². The monoisotopic (exact) mass is 344 g/mol. The lowest BCUT2D eigenvalue weighted by Crippen LogP contribution is -2.16. The number of carboxylic acid groups (broad SMARTS) is 1. The molecule has 2 N–H and O–H groups in total. The first kappa shape index (κ1) is 16.2. The first-order valence-electron chi connectivity index (χ1n) is 5.88. The number of hydrogen-bond acceptors (Lipinski definition) is 4. The Bertz CT molecular complexity index is 855. The van der Waals surface area contributed by atoms with Gasteiger partial charge in [-0.05, 0) is 36.8 Å². The molecule has 116 valence electrons. The van der Waals surface area contributed by atoms with Crippen LogP contribution in [0.25, 0.3) is 0 Å². The van der Waals surface area contributed by atoms with Gasteiger partial charge in [-0.3, -0.25) is 4.72 Å². The van der Waals surface area contributed by atoms with Crippen LogP contribution in [0.5, 0.6) is 0 Å². The number of anilines is 1. The lowest BCUT2D eigenvalue weighted by atomic mass is 10.2. The molecule has 1 aromatic carbocycles. The summed E-state index contributed by atoms with van der Waals surface area (Å²) in [6.45, 7) is 1.58. The van der Waals surface area contributed by atoms with Crippen molar-refractivity contribution < 1.29 is 22.7 Å². The molecule has 22 heavy (non-hydrogen) atoms. The van der Waals surface area contributed by atoms with E-state index < -0.39 is 27.4 Å². The van der Waals surface area contributed by atoms with Crippen molar-refractivity contribution in [1.29, 1.82) is 0 Å². The zero-order chi connectivity index (χ0) is 16.5. The number of aromatic nitrogens is 1. The summed E-state index contributed by atoms with van der Waals surface area (Å²) in [5.41, 5.74) is -0.300. The Hall–Kier alpha value is -2.19. The third-order valence-corrected chi connectivity index (χ3v) is 4.48. The van der Waals surface area contributed by atoms with Crippen molar-refractivity contribution in [3.05, 3.63) is 52.6 Å². The first-order chi connectivity index (χ1) is 10.2. The molecular weight excluding hydrogens is 335 g/mol. The molecule has 0 amide bonds. The molecule has 1 aromatic heterocycles. The highest BCUT2D eigenvalue weighted by atomic mass is 35.5. The van der Waals surface area contributed by atoms with Crippen molar-refractivity contribution in [3.63, 3.8) is 0 Å². The molecule has 0 aliphatic heterocycles. The van der Waals surface area contributed by atoms with Crippen LogP contribution in [0.3, 0.4) is 0 Å². The summed E-state index contributed by atoms with van der Waals surface area (Å²) in [5, 5.41) is 9.17. The van der Waals surface area contributed by atoms with Crippen molar-refractivity contribution in [2.45, 2.75) is 11.8 Å².